The molecule has 0 atom stereocenters. The molecule has 2 saturated carbocycles. The van der Waals surface area contributed by atoms with Crippen molar-refractivity contribution in [3.8, 4) is 0 Å². The van der Waals surface area contributed by atoms with Gasteiger partial charge in [0.1, 0.15) is 0 Å². The minimum Gasteiger partial charge on any atom is -0.324 e. The summed E-state index contributed by atoms with van der Waals surface area (Å²) in [6.45, 7) is 0. The summed E-state index contributed by atoms with van der Waals surface area (Å²) in [5.74, 6) is 0. The highest BCUT2D eigenvalue weighted by Gasteiger charge is 2.63. The SMILES string of the molecule is NC1(C2(c3ccccc3)CC2)CC1. The first kappa shape index (κ1) is 7.57. The minimum absolute atomic E-state index is 0.161. The number of hydrogen-bond acceptors (Lipinski definition) is 1. The average Bonchev–Trinajstić information content (AvgIpc) is 3.01. The molecule has 1 nitrogen and oxygen atoms in total. The lowest BCUT2D eigenvalue weighted by Crippen LogP contribution is -2.37. The van der Waals surface area contributed by atoms with Gasteiger partial charge in [-0.1, -0.05) is 30.3 Å². The monoisotopic (exact) mass is 173 g/mol. The van der Waals surface area contributed by atoms with Gasteiger partial charge in [-0.3, -0.25) is 0 Å². The van der Waals surface area contributed by atoms with Crippen LogP contribution in [-0.4, -0.2) is 5.54 Å². The van der Waals surface area contributed by atoms with Gasteiger partial charge >= 0.3 is 0 Å². The first-order chi connectivity index (χ1) is 6.27. The van der Waals surface area contributed by atoms with Crippen molar-refractivity contribution in [1.29, 1.82) is 0 Å². The Kier molecular flexibility index (Phi) is 1.26. The van der Waals surface area contributed by atoms with Crippen molar-refractivity contribution in [3.05, 3.63) is 35.9 Å². The molecule has 0 radical (unpaired) electrons. The molecule has 3 rings (SSSR count). The third-order valence-corrected chi connectivity index (χ3v) is 3.82. The zero-order chi connectivity index (χ0) is 8.94. The fraction of sp³-hybridized carbons (Fsp3) is 0.500. The molecule has 0 saturated heterocycles. The van der Waals surface area contributed by atoms with Gasteiger partial charge < -0.3 is 5.73 Å². The van der Waals surface area contributed by atoms with Gasteiger partial charge in [-0.25, -0.2) is 0 Å². The number of nitrogens with two attached hydrogens (primary N) is 1. The first-order valence-corrected chi connectivity index (χ1v) is 5.11. The second kappa shape index (κ2) is 2.16. The van der Waals surface area contributed by atoms with Crippen molar-refractivity contribution < 1.29 is 0 Å². The van der Waals surface area contributed by atoms with Crippen LogP contribution in [0.2, 0.25) is 0 Å². The molecule has 13 heavy (non-hydrogen) atoms. The first-order valence-electron chi connectivity index (χ1n) is 5.11. The Balaban J connectivity index is 2.01. The van der Waals surface area contributed by atoms with Crippen LogP contribution in [0, 0.1) is 0 Å². The maximum atomic E-state index is 6.32. The van der Waals surface area contributed by atoms with E-state index < -0.39 is 0 Å². The van der Waals surface area contributed by atoms with Crippen molar-refractivity contribution >= 4 is 0 Å². The van der Waals surface area contributed by atoms with Crippen molar-refractivity contribution in [2.75, 3.05) is 0 Å². The summed E-state index contributed by atoms with van der Waals surface area (Å²) in [6, 6.07) is 10.8. The van der Waals surface area contributed by atoms with Crippen molar-refractivity contribution in [2.24, 2.45) is 5.73 Å². The predicted octanol–water partition coefficient (Wildman–Crippen LogP) is 2.21. The Bertz CT molecular complexity index is 320. The van der Waals surface area contributed by atoms with Crippen LogP contribution < -0.4 is 5.73 Å². The number of rotatable bonds is 2. The molecule has 2 aliphatic rings. The van der Waals surface area contributed by atoms with E-state index in [0.29, 0.717) is 5.41 Å². The molecule has 1 aromatic carbocycles. The Hall–Kier alpha value is -0.820. The number of benzene rings is 1. The van der Waals surface area contributed by atoms with Crippen LogP contribution in [0.3, 0.4) is 0 Å². The van der Waals surface area contributed by atoms with Crippen molar-refractivity contribution in [1.82, 2.24) is 0 Å². The summed E-state index contributed by atoms with van der Waals surface area (Å²) in [7, 11) is 0. The standard InChI is InChI=1S/C12H15N/c13-12(8-9-12)11(6-7-11)10-4-2-1-3-5-10/h1-5H,6-9,13H2. The van der Waals surface area contributed by atoms with E-state index in [-0.39, 0.29) is 5.54 Å². The number of hydrogen-bond donors (Lipinski definition) is 1. The molecule has 0 amide bonds. The van der Waals surface area contributed by atoms with E-state index >= 15 is 0 Å². The Morgan fingerprint density at radius 1 is 0.923 bits per heavy atom. The van der Waals surface area contributed by atoms with E-state index in [2.05, 4.69) is 30.3 Å². The zero-order valence-corrected chi connectivity index (χ0v) is 7.79. The van der Waals surface area contributed by atoms with Gasteiger partial charge in [-0.2, -0.15) is 0 Å². The average molecular weight is 173 g/mol. The van der Waals surface area contributed by atoms with E-state index in [1.165, 1.54) is 31.2 Å². The second-order valence-corrected chi connectivity index (χ2v) is 4.60. The maximum Gasteiger partial charge on any atom is 0.0253 e. The fourth-order valence-corrected chi connectivity index (χ4v) is 2.57. The molecule has 0 unspecified atom stereocenters. The summed E-state index contributed by atoms with van der Waals surface area (Å²) >= 11 is 0. The van der Waals surface area contributed by atoms with Gasteiger partial charge in [0.2, 0.25) is 0 Å². The molecule has 2 fully saturated rings. The molecule has 0 aromatic heterocycles. The summed E-state index contributed by atoms with van der Waals surface area (Å²) < 4.78 is 0. The van der Waals surface area contributed by atoms with Gasteiger partial charge in [0.25, 0.3) is 0 Å². The Morgan fingerprint density at radius 3 is 2.00 bits per heavy atom. The second-order valence-electron chi connectivity index (χ2n) is 4.60. The molecule has 2 N–H and O–H groups in total. The van der Waals surface area contributed by atoms with Gasteiger partial charge in [0.05, 0.1) is 0 Å². The van der Waals surface area contributed by atoms with Gasteiger partial charge in [-0.15, -0.1) is 0 Å². The summed E-state index contributed by atoms with van der Waals surface area (Å²) in [6.07, 6.45) is 5.05. The van der Waals surface area contributed by atoms with Crippen LogP contribution in [0.15, 0.2) is 30.3 Å². The Labute approximate surface area is 78.9 Å². The molecule has 1 heteroatoms. The van der Waals surface area contributed by atoms with Gasteiger partial charge in [-0.05, 0) is 31.2 Å². The van der Waals surface area contributed by atoms with Crippen LogP contribution in [0.25, 0.3) is 0 Å². The fourth-order valence-electron chi connectivity index (χ4n) is 2.57. The minimum atomic E-state index is 0.161. The van der Waals surface area contributed by atoms with Crippen LogP contribution >= 0.6 is 0 Å². The molecule has 1 aromatic rings. The third-order valence-electron chi connectivity index (χ3n) is 3.82. The van der Waals surface area contributed by atoms with Crippen LogP contribution in [-0.2, 0) is 5.41 Å². The highest BCUT2D eigenvalue weighted by Crippen LogP contribution is 2.63. The Morgan fingerprint density at radius 2 is 1.54 bits per heavy atom. The van der Waals surface area contributed by atoms with Gasteiger partial charge in [0, 0.05) is 11.0 Å². The molecule has 0 spiro atoms. The summed E-state index contributed by atoms with van der Waals surface area (Å²) in [5, 5.41) is 0. The molecule has 2 aliphatic carbocycles. The quantitative estimate of drug-likeness (QED) is 0.729. The molecule has 0 heterocycles. The van der Waals surface area contributed by atoms with E-state index in [1.54, 1.807) is 0 Å². The third kappa shape index (κ3) is 0.910. The lowest BCUT2D eigenvalue weighted by Gasteiger charge is -2.23. The van der Waals surface area contributed by atoms with E-state index in [9.17, 15) is 0 Å². The summed E-state index contributed by atoms with van der Waals surface area (Å²) in [4.78, 5) is 0. The smallest absolute Gasteiger partial charge is 0.0253 e. The summed E-state index contributed by atoms with van der Waals surface area (Å²) in [5.41, 5.74) is 8.32. The molecular weight excluding hydrogens is 158 g/mol. The lowest BCUT2D eigenvalue weighted by atomic mass is 9.86. The lowest BCUT2D eigenvalue weighted by molar-refractivity contribution is 0.503. The van der Waals surface area contributed by atoms with E-state index in [0.717, 1.165) is 0 Å². The maximum absolute atomic E-state index is 6.32. The predicted molar refractivity (Wildman–Crippen MR) is 53.5 cm³/mol. The zero-order valence-electron chi connectivity index (χ0n) is 7.79. The van der Waals surface area contributed by atoms with Crippen molar-refractivity contribution in [3.63, 3.8) is 0 Å². The largest absolute Gasteiger partial charge is 0.324 e. The topological polar surface area (TPSA) is 26.0 Å². The van der Waals surface area contributed by atoms with Crippen molar-refractivity contribution in [2.45, 2.75) is 36.6 Å². The van der Waals surface area contributed by atoms with Crippen LogP contribution in [0.4, 0.5) is 0 Å². The highest BCUT2D eigenvalue weighted by atomic mass is 14.9. The van der Waals surface area contributed by atoms with Crippen LogP contribution in [0.5, 0.6) is 0 Å². The molecule has 0 aliphatic heterocycles. The van der Waals surface area contributed by atoms with E-state index in [4.69, 9.17) is 5.73 Å². The highest BCUT2D eigenvalue weighted by molar-refractivity contribution is 5.40. The normalized spacial score (nSPS) is 26.8. The molecular formula is C12H15N. The van der Waals surface area contributed by atoms with Crippen LogP contribution in [0.1, 0.15) is 31.2 Å². The molecule has 68 valence electrons. The van der Waals surface area contributed by atoms with Gasteiger partial charge in [0.15, 0.2) is 0 Å². The molecule has 0 bridgehead atoms. The van der Waals surface area contributed by atoms with E-state index in [1.807, 2.05) is 0 Å².